The van der Waals surface area contributed by atoms with Crippen LogP contribution in [0, 0.1) is 0 Å². The monoisotopic (exact) mass is 1440 g/mol. The molecule has 7 rings (SSSR count). The normalized spacial score (nSPS) is 12.0. The third kappa shape index (κ3) is 30.5. The van der Waals surface area contributed by atoms with Gasteiger partial charge in [0.1, 0.15) is 39.6 Å². The number of nitrogens with zero attached hydrogens (tertiary/aromatic N) is 6. The maximum atomic E-state index is 6.63. The number of rotatable bonds is 64. The first kappa shape index (κ1) is 82.5. The minimum atomic E-state index is 0.155. The molecule has 0 fully saturated rings. The number of fused-ring (bicyclic) bond motifs is 4. The van der Waals surface area contributed by atoms with E-state index in [2.05, 4.69) is 0 Å². The quantitative estimate of drug-likeness (QED) is 0.0350. The first-order valence-electron chi connectivity index (χ1n) is 34.6. The topological polar surface area (TPSA) is 280 Å². The summed E-state index contributed by atoms with van der Waals surface area (Å²) in [5, 5.41) is 0. The molecule has 1 aliphatic rings. The van der Waals surface area contributed by atoms with Gasteiger partial charge in [-0.15, -0.1) is 0 Å². The molecule has 0 radical (unpaired) electrons. The molecule has 0 aliphatic carbocycles. The molecule has 1 aliphatic heterocycles. The van der Waals surface area contributed by atoms with Crippen LogP contribution < -0.4 is 38.2 Å². The molecule has 4 aromatic carbocycles. The minimum absolute atomic E-state index is 0.155. The van der Waals surface area contributed by atoms with Crippen LogP contribution in [0.15, 0.2) is 72.8 Å². The van der Waals surface area contributed by atoms with Crippen molar-refractivity contribution in [3.8, 4) is 34.5 Å². The van der Waals surface area contributed by atoms with E-state index in [9.17, 15) is 0 Å². The van der Waals surface area contributed by atoms with Gasteiger partial charge in [0.15, 0.2) is 46.3 Å². The first-order chi connectivity index (χ1) is 50.5. The van der Waals surface area contributed by atoms with E-state index in [1.807, 2.05) is 82.6 Å². The Kier molecular flexibility index (Phi) is 42.3. The van der Waals surface area contributed by atoms with E-state index in [-0.39, 0.29) is 92.4 Å². The van der Waals surface area contributed by atoms with Gasteiger partial charge in [0.25, 0.3) is 0 Å². The van der Waals surface area contributed by atoms with Crippen LogP contribution in [-0.2, 0) is 98.4 Å². The van der Waals surface area contributed by atoms with E-state index >= 15 is 0 Å². The fourth-order valence-corrected chi connectivity index (χ4v) is 9.74. The van der Waals surface area contributed by atoms with Crippen molar-refractivity contribution in [2.75, 3.05) is 290 Å². The second-order valence-corrected chi connectivity index (χ2v) is 22.1. The second kappa shape index (κ2) is 52.2. The molecule has 6 aromatic rings. The maximum absolute atomic E-state index is 6.63. The molecule has 0 saturated heterocycles. The van der Waals surface area contributed by atoms with Crippen LogP contribution in [0.5, 0.6) is 34.5 Å². The smallest absolute Gasteiger partial charge is 0.203 e. The summed E-state index contributed by atoms with van der Waals surface area (Å²) in [5.74, 6) is 4.24. The Labute approximate surface area is 598 Å². The lowest BCUT2D eigenvalue weighted by molar-refractivity contribution is 0.0146. The minimum Gasteiger partial charge on any atom is -0.487 e. The van der Waals surface area contributed by atoms with Crippen LogP contribution in [0.2, 0.25) is 0 Å². The maximum Gasteiger partial charge on any atom is 0.203 e. The molecule has 2 aromatic heterocycles. The summed E-state index contributed by atoms with van der Waals surface area (Å²) in [6, 6.07) is 23.1. The molecule has 102 heavy (non-hydrogen) atoms. The van der Waals surface area contributed by atoms with Gasteiger partial charge in [0, 0.05) is 42.7 Å². The summed E-state index contributed by atoms with van der Waals surface area (Å²) in [4.78, 5) is 25.7. The fourth-order valence-electron chi connectivity index (χ4n) is 9.74. The average Bonchev–Trinajstić information content (AvgIpc) is 0.730. The predicted molar refractivity (Wildman–Crippen MR) is 378 cm³/mol. The zero-order valence-electron chi connectivity index (χ0n) is 60.3. The Hall–Kier alpha value is -6.76. The van der Waals surface area contributed by atoms with E-state index in [0.717, 1.165) is 11.1 Å². The van der Waals surface area contributed by atoms with Crippen molar-refractivity contribution in [1.29, 1.82) is 0 Å². The zero-order chi connectivity index (χ0) is 71.5. The first-order valence-corrected chi connectivity index (χ1v) is 34.6. The number of methoxy groups -OCH3 is 6. The molecule has 30 nitrogen and oxygen atoms in total. The van der Waals surface area contributed by atoms with Crippen LogP contribution >= 0.6 is 0 Å². The summed E-state index contributed by atoms with van der Waals surface area (Å²) in [6.45, 7) is 12.8. The highest BCUT2D eigenvalue weighted by atomic mass is 16.6. The Morgan fingerprint density at radius 1 is 0.225 bits per heavy atom. The number of aromatic nitrogens is 4. The Balaban J connectivity index is 1.27. The molecule has 0 saturated carbocycles. The zero-order valence-corrected chi connectivity index (χ0v) is 60.3. The standard InChI is InChI=1S/C72H106N6O24/c1-79-15-21-85-27-33-91-39-45-97-63-51-57(52-64(98-46-40-92-34-28-86-22-16-80-2)67(63)101-49-43-95-37-31-89-25-19-83-5)55-77-69-71(75-61-13-9-7-11-59(61)73-69)78(72-70(77)74-60-12-8-10-14-62(60)76-72)56-58-53-65(99-47-41-93-35-29-87-23-17-81-3)68(102-50-44-96-38-32-90-26-20-84-6)66(54-58)100-48-42-94-36-30-88-24-18-82-4/h7-14,51-54H,15-50,55-56H2,1-6H3. The summed E-state index contributed by atoms with van der Waals surface area (Å²) < 4.78 is 140. The van der Waals surface area contributed by atoms with Crippen LogP contribution in [0.3, 0.4) is 0 Å². The van der Waals surface area contributed by atoms with Gasteiger partial charge in [0.2, 0.25) is 11.5 Å². The third-order valence-corrected chi connectivity index (χ3v) is 14.6. The summed E-state index contributed by atoms with van der Waals surface area (Å²) in [5.41, 5.74) is 4.06. The van der Waals surface area contributed by atoms with Gasteiger partial charge < -0.3 is 123 Å². The average molecular weight is 1440 g/mol. The van der Waals surface area contributed by atoms with Crippen molar-refractivity contribution in [3.05, 3.63) is 83.9 Å². The van der Waals surface area contributed by atoms with E-state index < -0.39 is 0 Å². The van der Waals surface area contributed by atoms with Crippen molar-refractivity contribution in [1.82, 2.24) is 19.9 Å². The van der Waals surface area contributed by atoms with E-state index in [1.165, 1.54) is 0 Å². The van der Waals surface area contributed by atoms with Crippen molar-refractivity contribution >= 4 is 45.3 Å². The molecule has 568 valence electrons. The highest BCUT2D eigenvalue weighted by molar-refractivity contribution is 5.93. The Bertz CT molecular complexity index is 2800. The summed E-state index contributed by atoms with van der Waals surface area (Å²) >= 11 is 0. The van der Waals surface area contributed by atoms with Crippen molar-refractivity contribution in [2.24, 2.45) is 0 Å². The molecular weight excluding hydrogens is 1330 g/mol. The molecule has 3 heterocycles. The van der Waals surface area contributed by atoms with E-state index in [4.69, 9.17) is 134 Å². The van der Waals surface area contributed by atoms with Crippen LogP contribution in [-0.4, -0.2) is 300 Å². The number of anilines is 4. The van der Waals surface area contributed by atoms with Gasteiger partial charge in [-0.05, 0) is 59.7 Å². The van der Waals surface area contributed by atoms with Gasteiger partial charge in [-0.3, -0.25) is 0 Å². The molecule has 0 N–H and O–H groups in total. The molecule has 0 spiro atoms. The fraction of sp³-hybridized carbons (Fsp3) is 0.611. The largest absolute Gasteiger partial charge is 0.487 e. The van der Waals surface area contributed by atoms with Crippen LogP contribution in [0.25, 0.3) is 22.1 Å². The molecule has 0 unspecified atom stereocenters. The lowest BCUT2D eigenvalue weighted by atomic mass is 10.1. The SMILES string of the molecule is COCCOCCOCCOc1cc(CN2c3nc4ccccc4nc3N(Cc3cc(OCCOCCOCCOC)c(OCCOCCOCCOC)c(OCCOCCOCCOC)c3)c3nc4ccccc4nc32)cc(OCCOCCOCCOC)c1OCCOCCOCCOC. The van der Waals surface area contributed by atoms with Crippen LogP contribution in [0.4, 0.5) is 23.3 Å². The highest BCUT2D eigenvalue weighted by Gasteiger charge is 2.36. The Morgan fingerprint density at radius 2 is 0.402 bits per heavy atom. The molecule has 0 amide bonds. The van der Waals surface area contributed by atoms with E-state index in [1.54, 1.807) is 42.7 Å². The van der Waals surface area contributed by atoms with Gasteiger partial charge >= 0.3 is 0 Å². The van der Waals surface area contributed by atoms with Crippen molar-refractivity contribution < 1.29 is 114 Å². The van der Waals surface area contributed by atoms with Gasteiger partial charge in [-0.1, -0.05) is 24.3 Å². The van der Waals surface area contributed by atoms with Crippen molar-refractivity contribution in [2.45, 2.75) is 13.1 Å². The third-order valence-electron chi connectivity index (χ3n) is 14.6. The van der Waals surface area contributed by atoms with Crippen molar-refractivity contribution in [3.63, 3.8) is 0 Å². The van der Waals surface area contributed by atoms with Crippen LogP contribution in [0.1, 0.15) is 11.1 Å². The molecule has 0 bridgehead atoms. The van der Waals surface area contributed by atoms with Gasteiger partial charge in [0.05, 0.1) is 233 Å². The molecule has 30 heteroatoms. The number of hydrogen-bond acceptors (Lipinski definition) is 30. The number of benzene rings is 4. The summed E-state index contributed by atoms with van der Waals surface area (Å²) in [6.07, 6.45) is 0. The lowest BCUT2D eigenvalue weighted by Crippen LogP contribution is -2.32. The van der Waals surface area contributed by atoms with Gasteiger partial charge in [-0.2, -0.15) is 0 Å². The van der Waals surface area contributed by atoms with Gasteiger partial charge in [-0.25, -0.2) is 19.9 Å². The molecular formula is C72H106N6O24. The predicted octanol–water partition coefficient (Wildman–Crippen LogP) is 6.91. The number of para-hydroxylation sites is 4. The Morgan fingerprint density at radius 3 is 0.598 bits per heavy atom. The second-order valence-electron chi connectivity index (χ2n) is 22.1. The molecule has 0 atom stereocenters. The lowest BCUT2D eigenvalue weighted by Gasteiger charge is -2.37. The highest BCUT2D eigenvalue weighted by Crippen LogP contribution is 2.49. The number of hydrogen-bond donors (Lipinski definition) is 0. The summed E-state index contributed by atoms with van der Waals surface area (Å²) in [7, 11) is 9.78. The van der Waals surface area contributed by atoms with E-state index in [0.29, 0.717) is 238 Å². The number of ether oxygens (including phenoxy) is 24.